The van der Waals surface area contributed by atoms with E-state index < -0.39 is 0 Å². The predicted octanol–water partition coefficient (Wildman–Crippen LogP) is 3.94. The number of hydrogen-bond acceptors (Lipinski definition) is 5. The summed E-state index contributed by atoms with van der Waals surface area (Å²) in [7, 11) is 1.44. The molecule has 1 aromatic carbocycles. The molecule has 0 bridgehead atoms. The van der Waals surface area contributed by atoms with Gasteiger partial charge in [0.2, 0.25) is 5.78 Å². The molecule has 2 heterocycles. The van der Waals surface area contributed by atoms with E-state index in [-0.39, 0.29) is 23.0 Å². The van der Waals surface area contributed by atoms with Gasteiger partial charge in [-0.25, -0.2) is 0 Å². The van der Waals surface area contributed by atoms with Crippen molar-refractivity contribution in [2.75, 3.05) is 7.11 Å². The molecule has 7 heteroatoms. The summed E-state index contributed by atoms with van der Waals surface area (Å²) < 4.78 is 12.1. The van der Waals surface area contributed by atoms with Crippen LogP contribution in [0.4, 0.5) is 0 Å². The van der Waals surface area contributed by atoms with Gasteiger partial charge in [-0.3, -0.25) is 9.78 Å². The molecular weight excluding hydrogens is 418 g/mol. The molecule has 0 spiro atoms. The lowest BCUT2D eigenvalue weighted by molar-refractivity contribution is 0.101. The first-order valence-electron chi connectivity index (χ1n) is 6.16. The molecule has 1 aliphatic rings. The topological polar surface area (TPSA) is 68.7 Å². The molecule has 112 valence electrons. The van der Waals surface area contributed by atoms with E-state index in [4.69, 9.17) is 9.47 Å². The normalized spacial score (nSPS) is 14.9. The van der Waals surface area contributed by atoms with Crippen molar-refractivity contribution in [2.24, 2.45) is 0 Å². The number of allylic oxidation sites excluding steroid dienone is 1. The monoisotopic (exact) mass is 425 g/mol. The lowest BCUT2D eigenvalue weighted by Gasteiger charge is -2.04. The Bertz CT molecular complexity index is 817. The lowest BCUT2D eigenvalue weighted by Crippen LogP contribution is -1.99. The Labute approximate surface area is 142 Å². The fourth-order valence-corrected chi connectivity index (χ4v) is 3.34. The number of benzene rings is 1. The minimum absolute atomic E-state index is 0.0710. The molecule has 0 fully saturated rings. The maximum absolute atomic E-state index is 12.4. The van der Waals surface area contributed by atoms with Crippen LogP contribution in [-0.2, 0) is 0 Å². The molecule has 0 saturated carbocycles. The number of methoxy groups -OCH3 is 1. The maximum atomic E-state index is 12.4. The summed E-state index contributed by atoms with van der Waals surface area (Å²) in [4.78, 5) is 16.4. The number of nitrogens with zero attached hydrogens (tertiary/aromatic N) is 1. The van der Waals surface area contributed by atoms with E-state index in [9.17, 15) is 9.90 Å². The fourth-order valence-electron chi connectivity index (χ4n) is 2.04. The first-order chi connectivity index (χ1) is 10.5. The Kier molecular flexibility index (Phi) is 3.92. The number of halogens is 2. The van der Waals surface area contributed by atoms with Crippen LogP contribution in [0.5, 0.6) is 17.2 Å². The Hall–Kier alpha value is -1.86. The minimum Gasteiger partial charge on any atom is -0.503 e. The van der Waals surface area contributed by atoms with Crippen molar-refractivity contribution < 1.29 is 19.4 Å². The van der Waals surface area contributed by atoms with Crippen LogP contribution in [0.1, 0.15) is 16.1 Å². The van der Waals surface area contributed by atoms with Gasteiger partial charge >= 0.3 is 0 Å². The first-order valence-corrected chi connectivity index (χ1v) is 7.74. The van der Waals surface area contributed by atoms with Gasteiger partial charge in [0, 0.05) is 16.6 Å². The summed E-state index contributed by atoms with van der Waals surface area (Å²) in [6.07, 6.45) is 2.76. The number of pyridine rings is 1. The van der Waals surface area contributed by atoms with Gasteiger partial charge < -0.3 is 14.6 Å². The van der Waals surface area contributed by atoms with Gasteiger partial charge in [-0.05, 0) is 28.1 Å². The molecule has 0 unspecified atom stereocenters. The number of aromatic hydroxyl groups is 1. The molecule has 0 radical (unpaired) electrons. The molecule has 1 N–H and O–H groups in total. The number of hydrogen-bond donors (Lipinski definition) is 1. The molecule has 0 atom stereocenters. The van der Waals surface area contributed by atoms with Gasteiger partial charge in [0.15, 0.2) is 23.0 Å². The molecule has 5 nitrogen and oxygen atoms in total. The second kappa shape index (κ2) is 5.73. The molecular formula is C15H9Br2NO4. The number of carbonyl (C=O) groups excluding carboxylic acids is 1. The molecule has 3 rings (SSSR count). The van der Waals surface area contributed by atoms with Gasteiger partial charge in [0.25, 0.3) is 0 Å². The van der Waals surface area contributed by atoms with Gasteiger partial charge in [-0.2, -0.15) is 0 Å². The van der Waals surface area contributed by atoms with E-state index in [2.05, 4.69) is 36.8 Å². The summed E-state index contributed by atoms with van der Waals surface area (Å²) >= 11 is 6.71. The highest BCUT2D eigenvalue weighted by molar-refractivity contribution is 9.11. The van der Waals surface area contributed by atoms with E-state index in [0.29, 0.717) is 21.5 Å². The minimum atomic E-state index is -0.231. The highest BCUT2D eigenvalue weighted by atomic mass is 79.9. The summed E-state index contributed by atoms with van der Waals surface area (Å²) in [5.41, 5.74) is 0.916. The Morgan fingerprint density at radius 2 is 2.09 bits per heavy atom. The van der Waals surface area contributed by atoms with Crippen LogP contribution >= 0.6 is 31.9 Å². The zero-order valence-electron chi connectivity index (χ0n) is 11.3. The summed E-state index contributed by atoms with van der Waals surface area (Å²) in [6, 6.07) is 5.03. The summed E-state index contributed by atoms with van der Waals surface area (Å²) in [5.74, 6) is 0.608. The van der Waals surface area contributed by atoms with Crippen LogP contribution in [0.2, 0.25) is 0 Å². The molecule has 0 saturated heterocycles. The smallest absolute Gasteiger partial charge is 0.232 e. The van der Waals surface area contributed by atoms with E-state index in [1.54, 1.807) is 12.1 Å². The summed E-state index contributed by atoms with van der Waals surface area (Å²) in [5, 5.41) is 9.54. The van der Waals surface area contributed by atoms with Gasteiger partial charge in [-0.15, -0.1) is 0 Å². The Morgan fingerprint density at radius 3 is 2.82 bits per heavy atom. The largest absolute Gasteiger partial charge is 0.503 e. The SMILES string of the molecule is COc1cc(/C=C2\Oc3c(Br)cc(Br)cc3C2=O)ncc1O. The average molecular weight is 427 g/mol. The average Bonchev–Trinajstić information content (AvgIpc) is 2.79. The first kappa shape index (κ1) is 15.1. The zero-order valence-corrected chi connectivity index (χ0v) is 14.4. The Balaban J connectivity index is 2.01. The lowest BCUT2D eigenvalue weighted by atomic mass is 10.1. The van der Waals surface area contributed by atoms with Crippen LogP contribution in [-0.4, -0.2) is 23.0 Å². The zero-order chi connectivity index (χ0) is 15.9. The standard InChI is InChI=1S/C15H9Br2NO4/c1-21-12-4-8(18-6-11(12)19)5-13-14(20)9-2-7(16)3-10(17)15(9)22-13/h2-6,19H,1H3/b13-5-. The van der Waals surface area contributed by atoms with Crippen molar-refractivity contribution in [3.63, 3.8) is 0 Å². The molecule has 1 aromatic heterocycles. The number of fused-ring (bicyclic) bond motifs is 1. The van der Waals surface area contributed by atoms with Crippen molar-refractivity contribution in [2.45, 2.75) is 0 Å². The van der Waals surface area contributed by atoms with Crippen molar-refractivity contribution in [3.8, 4) is 17.2 Å². The van der Waals surface area contributed by atoms with Crippen molar-refractivity contribution in [1.82, 2.24) is 4.98 Å². The molecule has 22 heavy (non-hydrogen) atoms. The van der Waals surface area contributed by atoms with E-state index >= 15 is 0 Å². The van der Waals surface area contributed by atoms with E-state index in [1.807, 2.05) is 0 Å². The number of rotatable bonds is 2. The highest BCUT2D eigenvalue weighted by Gasteiger charge is 2.30. The van der Waals surface area contributed by atoms with Crippen LogP contribution in [0.25, 0.3) is 6.08 Å². The Morgan fingerprint density at radius 1 is 1.32 bits per heavy atom. The molecule has 1 aliphatic heterocycles. The third-order valence-electron chi connectivity index (χ3n) is 3.06. The fraction of sp³-hybridized carbons (Fsp3) is 0.0667. The second-order valence-corrected chi connectivity index (χ2v) is 6.26. The van der Waals surface area contributed by atoms with E-state index in [1.165, 1.54) is 25.4 Å². The van der Waals surface area contributed by atoms with Crippen LogP contribution < -0.4 is 9.47 Å². The summed E-state index contributed by atoms with van der Waals surface area (Å²) in [6.45, 7) is 0. The number of ketones is 1. The molecule has 0 amide bonds. The third-order valence-corrected chi connectivity index (χ3v) is 4.10. The van der Waals surface area contributed by atoms with Crippen LogP contribution in [0.15, 0.2) is 39.1 Å². The van der Waals surface area contributed by atoms with Crippen molar-refractivity contribution >= 4 is 43.7 Å². The quantitative estimate of drug-likeness (QED) is 0.736. The van der Waals surface area contributed by atoms with Crippen molar-refractivity contribution in [3.05, 3.63) is 50.4 Å². The number of aromatic nitrogens is 1. The maximum Gasteiger partial charge on any atom is 0.232 e. The predicted molar refractivity (Wildman–Crippen MR) is 87.2 cm³/mol. The number of ether oxygens (including phenoxy) is 2. The van der Waals surface area contributed by atoms with Gasteiger partial charge in [0.1, 0.15) is 0 Å². The molecule has 2 aromatic rings. The van der Waals surface area contributed by atoms with Crippen LogP contribution in [0, 0.1) is 0 Å². The number of carbonyl (C=O) groups is 1. The molecule has 0 aliphatic carbocycles. The van der Waals surface area contributed by atoms with Crippen molar-refractivity contribution in [1.29, 1.82) is 0 Å². The van der Waals surface area contributed by atoms with Gasteiger partial charge in [0.05, 0.1) is 29.0 Å². The van der Waals surface area contributed by atoms with Crippen LogP contribution in [0.3, 0.4) is 0 Å². The second-order valence-electron chi connectivity index (χ2n) is 4.49. The highest BCUT2D eigenvalue weighted by Crippen LogP contribution is 2.40. The third kappa shape index (κ3) is 2.62. The van der Waals surface area contributed by atoms with Gasteiger partial charge in [-0.1, -0.05) is 15.9 Å². The number of Topliss-reactive ketones (excluding diaryl/α,β-unsaturated/α-hetero) is 1. The van der Waals surface area contributed by atoms with E-state index in [0.717, 1.165) is 4.47 Å².